The Morgan fingerprint density at radius 3 is 2.66 bits per heavy atom. The molecule has 14 heteroatoms. The summed E-state index contributed by atoms with van der Waals surface area (Å²) in [6, 6.07) is 4.99. The molecule has 12 nitrogen and oxygen atoms in total. The fourth-order valence-electron chi connectivity index (χ4n) is 3.20. The molecule has 0 spiro atoms. The van der Waals surface area contributed by atoms with Crippen molar-refractivity contribution in [3.63, 3.8) is 0 Å². The van der Waals surface area contributed by atoms with Crippen molar-refractivity contribution >= 4 is 19.5 Å². The van der Waals surface area contributed by atoms with Crippen molar-refractivity contribution in [3.05, 3.63) is 52.8 Å². The van der Waals surface area contributed by atoms with Crippen molar-refractivity contribution in [2.75, 3.05) is 12.3 Å². The molecule has 2 unspecified atom stereocenters. The molecule has 1 aliphatic rings. The van der Waals surface area contributed by atoms with Crippen LogP contribution in [0.1, 0.15) is 33.4 Å². The molecule has 1 aliphatic heterocycles. The van der Waals surface area contributed by atoms with Crippen molar-refractivity contribution < 1.29 is 37.4 Å². The third-order valence-electron chi connectivity index (χ3n) is 4.87. The largest absolute Gasteiger partial charge is 0.462 e. The Bertz CT molecular complexity index is 1130. The van der Waals surface area contributed by atoms with Gasteiger partial charge in [0, 0.05) is 12.6 Å². The van der Waals surface area contributed by atoms with E-state index in [1.54, 1.807) is 13.8 Å². The molecule has 0 bridgehead atoms. The maximum atomic E-state index is 13.5. The minimum atomic E-state index is -4.26. The first-order chi connectivity index (χ1) is 16.5. The molecule has 35 heavy (non-hydrogen) atoms. The highest BCUT2D eigenvalue weighted by Crippen LogP contribution is 2.46. The third-order valence-corrected chi connectivity index (χ3v) is 6.51. The van der Waals surface area contributed by atoms with Crippen molar-refractivity contribution in [3.8, 4) is 5.75 Å². The van der Waals surface area contributed by atoms with E-state index < -0.39 is 62.4 Å². The SMILES string of the molecule is CC(C)OC(=O)[C@H](C)NP(=O)(OC[C@H]1O[C@@H](n2ccc(N)nc2=O)CC1O)Oc1ccc(F)cc1. The molecule has 2 heterocycles. The number of esters is 1. The second-order valence-electron chi connectivity index (χ2n) is 8.15. The molecule has 5 atom stereocenters. The van der Waals surface area contributed by atoms with Gasteiger partial charge in [-0.2, -0.15) is 10.1 Å². The van der Waals surface area contributed by atoms with Crippen LogP contribution < -0.4 is 21.0 Å². The summed E-state index contributed by atoms with van der Waals surface area (Å²) in [5.41, 5.74) is 4.84. The van der Waals surface area contributed by atoms with E-state index in [4.69, 9.17) is 24.3 Å². The van der Waals surface area contributed by atoms with E-state index in [1.165, 1.54) is 31.3 Å². The Morgan fingerprint density at radius 1 is 1.34 bits per heavy atom. The van der Waals surface area contributed by atoms with E-state index in [0.29, 0.717) is 0 Å². The van der Waals surface area contributed by atoms with Gasteiger partial charge in [0.25, 0.3) is 0 Å². The fraction of sp³-hybridized carbons (Fsp3) is 0.476. The first-order valence-electron chi connectivity index (χ1n) is 10.8. The van der Waals surface area contributed by atoms with E-state index in [-0.39, 0.29) is 18.0 Å². The summed E-state index contributed by atoms with van der Waals surface area (Å²) < 4.78 is 49.7. The van der Waals surface area contributed by atoms with Gasteiger partial charge in [-0.15, -0.1) is 0 Å². The summed E-state index contributed by atoms with van der Waals surface area (Å²) in [5.74, 6) is -1.17. The van der Waals surface area contributed by atoms with E-state index in [0.717, 1.165) is 16.7 Å². The highest BCUT2D eigenvalue weighted by Gasteiger charge is 2.39. The number of carbonyl (C=O) groups excluding carboxylic acids is 1. The molecule has 4 N–H and O–H groups in total. The topological polar surface area (TPSA) is 164 Å². The summed E-state index contributed by atoms with van der Waals surface area (Å²) in [7, 11) is -4.26. The quantitative estimate of drug-likeness (QED) is 0.312. The fourth-order valence-corrected chi connectivity index (χ4v) is 4.70. The molecule has 2 aromatic rings. The van der Waals surface area contributed by atoms with Gasteiger partial charge < -0.3 is 24.8 Å². The lowest BCUT2D eigenvalue weighted by Gasteiger charge is -2.25. The molecule has 0 amide bonds. The number of nitrogens with one attached hydrogen (secondary N) is 1. The van der Waals surface area contributed by atoms with Crippen molar-refractivity contribution in [2.45, 2.75) is 57.8 Å². The number of aliphatic hydroxyl groups excluding tert-OH is 1. The minimum Gasteiger partial charge on any atom is -0.462 e. The highest BCUT2D eigenvalue weighted by atomic mass is 31.2. The van der Waals surface area contributed by atoms with Gasteiger partial charge in [-0.25, -0.2) is 13.8 Å². The number of halogens is 1. The molecule has 1 fully saturated rings. The monoisotopic (exact) mass is 514 g/mol. The molecule has 0 aliphatic carbocycles. The summed E-state index contributed by atoms with van der Waals surface area (Å²) in [6.07, 6.45) is -1.91. The van der Waals surface area contributed by atoms with Crippen LogP contribution in [0.4, 0.5) is 10.2 Å². The maximum Gasteiger partial charge on any atom is 0.459 e. The van der Waals surface area contributed by atoms with Gasteiger partial charge in [-0.05, 0) is 51.1 Å². The number of anilines is 1. The van der Waals surface area contributed by atoms with E-state index in [1.807, 2.05) is 0 Å². The van der Waals surface area contributed by atoms with Crippen LogP contribution >= 0.6 is 7.75 Å². The van der Waals surface area contributed by atoms with Crippen molar-refractivity contribution in [1.82, 2.24) is 14.6 Å². The number of aromatic nitrogens is 2. The number of carbonyl (C=O) groups is 1. The van der Waals surface area contributed by atoms with Gasteiger partial charge >= 0.3 is 19.4 Å². The number of benzene rings is 1. The minimum absolute atomic E-state index is 0.0110. The second kappa shape index (κ2) is 11.3. The van der Waals surface area contributed by atoms with E-state index in [9.17, 15) is 23.7 Å². The van der Waals surface area contributed by atoms with Crippen LogP contribution in [0.5, 0.6) is 5.75 Å². The molecular weight excluding hydrogens is 486 g/mol. The van der Waals surface area contributed by atoms with Gasteiger partial charge in [-0.3, -0.25) is 13.9 Å². The number of hydrogen-bond donors (Lipinski definition) is 3. The van der Waals surface area contributed by atoms with Crippen LogP contribution in [-0.2, 0) is 23.4 Å². The van der Waals surface area contributed by atoms with Gasteiger partial charge in [0.05, 0.1) is 18.8 Å². The number of rotatable bonds is 10. The lowest BCUT2D eigenvalue weighted by atomic mass is 10.2. The maximum absolute atomic E-state index is 13.5. The second-order valence-corrected chi connectivity index (χ2v) is 9.84. The molecule has 3 rings (SSSR count). The lowest BCUT2D eigenvalue weighted by molar-refractivity contribution is -0.149. The third kappa shape index (κ3) is 7.33. The summed E-state index contributed by atoms with van der Waals surface area (Å²) in [5, 5.41) is 12.9. The molecule has 1 aromatic heterocycles. The Labute approximate surface area is 200 Å². The Kier molecular flexibility index (Phi) is 8.62. The number of nitrogens with two attached hydrogens (primary N) is 1. The first kappa shape index (κ1) is 26.8. The lowest BCUT2D eigenvalue weighted by Crippen LogP contribution is -2.37. The predicted octanol–water partition coefficient (Wildman–Crippen LogP) is 1.75. The van der Waals surface area contributed by atoms with Crippen LogP contribution in [0.2, 0.25) is 0 Å². The number of hydrogen-bond acceptors (Lipinski definition) is 10. The number of aliphatic hydroxyl groups is 1. The Hall–Kier alpha value is -2.83. The van der Waals surface area contributed by atoms with Crippen molar-refractivity contribution in [1.29, 1.82) is 0 Å². The zero-order valence-electron chi connectivity index (χ0n) is 19.4. The standard InChI is InChI=1S/C21H28FN4O8P/c1-12(2)32-20(28)13(3)25-35(30,34-15-6-4-14(22)5-7-15)31-11-17-16(27)10-19(33-17)26-9-8-18(23)24-21(26)29/h4-9,12-13,16-17,19,27H,10-11H2,1-3H3,(H,25,30)(H2,23,24,29)/t13-,16?,17+,19+,35?/m0/s1. The van der Waals surface area contributed by atoms with Crippen molar-refractivity contribution in [2.24, 2.45) is 0 Å². The zero-order valence-corrected chi connectivity index (χ0v) is 20.3. The van der Waals surface area contributed by atoms with E-state index >= 15 is 0 Å². The molecule has 192 valence electrons. The smallest absolute Gasteiger partial charge is 0.459 e. The van der Waals surface area contributed by atoms with Crippen LogP contribution in [0, 0.1) is 5.82 Å². The van der Waals surface area contributed by atoms with Crippen LogP contribution in [0.3, 0.4) is 0 Å². The molecule has 1 aromatic carbocycles. The number of nitrogens with zero attached hydrogens (tertiary/aromatic N) is 2. The van der Waals surface area contributed by atoms with Crippen LogP contribution in [0.25, 0.3) is 0 Å². The summed E-state index contributed by atoms with van der Waals surface area (Å²) in [4.78, 5) is 27.9. The predicted molar refractivity (Wildman–Crippen MR) is 122 cm³/mol. The molecular formula is C21H28FN4O8P. The average Bonchev–Trinajstić information content (AvgIpc) is 3.13. The van der Waals surface area contributed by atoms with Gasteiger partial charge in [-0.1, -0.05) is 0 Å². The van der Waals surface area contributed by atoms with Gasteiger partial charge in [0.1, 0.15) is 35.8 Å². The van der Waals surface area contributed by atoms with Crippen LogP contribution in [-0.4, -0.2) is 51.6 Å². The van der Waals surface area contributed by atoms with Gasteiger partial charge in [0.2, 0.25) is 0 Å². The first-order valence-corrected chi connectivity index (χ1v) is 12.4. The Morgan fingerprint density at radius 2 is 2.03 bits per heavy atom. The number of nitrogen functional groups attached to an aromatic ring is 1. The average molecular weight is 514 g/mol. The number of ether oxygens (including phenoxy) is 2. The summed E-state index contributed by atoms with van der Waals surface area (Å²) in [6.45, 7) is 4.30. The normalized spacial score (nSPS) is 22.5. The zero-order chi connectivity index (χ0) is 25.8. The molecule has 0 radical (unpaired) electrons. The van der Waals surface area contributed by atoms with Gasteiger partial charge in [0.15, 0.2) is 0 Å². The van der Waals surface area contributed by atoms with E-state index in [2.05, 4.69) is 10.1 Å². The van der Waals surface area contributed by atoms with Crippen LogP contribution in [0.15, 0.2) is 41.3 Å². The Balaban J connectivity index is 1.72. The molecule has 0 saturated carbocycles. The molecule has 1 saturated heterocycles. The summed E-state index contributed by atoms with van der Waals surface area (Å²) >= 11 is 0. The highest BCUT2D eigenvalue weighted by molar-refractivity contribution is 7.52.